The topological polar surface area (TPSA) is 59.8 Å². The predicted octanol–water partition coefficient (Wildman–Crippen LogP) is 3.08. The molecule has 2 aliphatic rings. The third kappa shape index (κ3) is 3.44. The normalized spacial score (nSPS) is 20.3. The summed E-state index contributed by atoms with van der Waals surface area (Å²) in [4.78, 5) is 7.18. The first-order valence-electron chi connectivity index (χ1n) is 9.48. The van der Waals surface area contributed by atoms with E-state index in [4.69, 9.17) is 9.47 Å². The molecule has 6 nitrogen and oxygen atoms in total. The van der Waals surface area contributed by atoms with Crippen LogP contribution in [0.4, 0.5) is 0 Å². The smallest absolute Gasteiger partial charge is 0.160 e. The summed E-state index contributed by atoms with van der Waals surface area (Å²) in [5.74, 6) is 1.54. The van der Waals surface area contributed by atoms with Gasteiger partial charge in [0.05, 0.1) is 7.11 Å². The molecule has 0 radical (unpaired) electrons. The number of aromatic hydroxyl groups is 1. The van der Waals surface area contributed by atoms with Crippen molar-refractivity contribution in [3.63, 3.8) is 0 Å². The predicted molar refractivity (Wildman–Crippen MR) is 99.6 cm³/mol. The standard InChI is InChI=1S/C20H27N3O3/c1-25-19-3-2-15(14-18(19)24)20-21-8-11-23(20)17-4-9-22(10-5-17)16-6-12-26-13-7-16/h2-3,8,11,14,16-17,24H,4-7,9-10,12-13H2,1H3. The number of likely N-dealkylation sites (tertiary alicyclic amines) is 1. The first-order chi connectivity index (χ1) is 12.8. The molecule has 2 saturated heterocycles. The highest BCUT2D eigenvalue weighted by atomic mass is 16.5. The summed E-state index contributed by atoms with van der Waals surface area (Å²) in [6.45, 7) is 4.05. The zero-order valence-corrected chi connectivity index (χ0v) is 15.3. The fourth-order valence-corrected chi connectivity index (χ4v) is 4.24. The second-order valence-corrected chi connectivity index (χ2v) is 7.16. The molecule has 0 bridgehead atoms. The van der Waals surface area contributed by atoms with E-state index in [9.17, 15) is 5.11 Å². The molecule has 1 aromatic heterocycles. The number of phenolic OH excluding ortho intramolecular Hbond substituents is 1. The van der Waals surface area contributed by atoms with E-state index in [-0.39, 0.29) is 5.75 Å². The van der Waals surface area contributed by atoms with Crippen LogP contribution >= 0.6 is 0 Å². The van der Waals surface area contributed by atoms with Crippen molar-refractivity contribution in [1.82, 2.24) is 14.5 Å². The lowest BCUT2D eigenvalue weighted by Crippen LogP contribution is -2.44. The average molecular weight is 357 g/mol. The van der Waals surface area contributed by atoms with Gasteiger partial charge in [-0.05, 0) is 43.9 Å². The molecule has 0 amide bonds. The largest absolute Gasteiger partial charge is 0.504 e. The van der Waals surface area contributed by atoms with Crippen molar-refractivity contribution in [2.75, 3.05) is 33.4 Å². The number of methoxy groups -OCH3 is 1. The summed E-state index contributed by atoms with van der Waals surface area (Å²) < 4.78 is 12.9. The zero-order chi connectivity index (χ0) is 17.9. The first kappa shape index (κ1) is 17.4. The summed E-state index contributed by atoms with van der Waals surface area (Å²) >= 11 is 0. The fraction of sp³-hybridized carbons (Fsp3) is 0.550. The molecule has 0 saturated carbocycles. The monoisotopic (exact) mass is 357 g/mol. The Labute approximate surface area is 154 Å². The van der Waals surface area contributed by atoms with Gasteiger partial charge in [0.2, 0.25) is 0 Å². The molecule has 2 fully saturated rings. The molecule has 0 spiro atoms. The number of piperidine rings is 1. The molecule has 26 heavy (non-hydrogen) atoms. The minimum Gasteiger partial charge on any atom is -0.504 e. The lowest BCUT2D eigenvalue weighted by molar-refractivity contribution is 0.0220. The number of aromatic nitrogens is 2. The van der Waals surface area contributed by atoms with Crippen LogP contribution < -0.4 is 4.74 Å². The highest BCUT2D eigenvalue weighted by Gasteiger charge is 2.28. The second-order valence-electron chi connectivity index (χ2n) is 7.16. The Morgan fingerprint density at radius 2 is 1.88 bits per heavy atom. The lowest BCUT2D eigenvalue weighted by atomic mass is 9.99. The highest BCUT2D eigenvalue weighted by molar-refractivity contribution is 5.61. The van der Waals surface area contributed by atoms with Gasteiger partial charge in [-0.1, -0.05) is 0 Å². The van der Waals surface area contributed by atoms with Gasteiger partial charge >= 0.3 is 0 Å². The number of hydrogen-bond acceptors (Lipinski definition) is 5. The van der Waals surface area contributed by atoms with E-state index in [0.29, 0.717) is 17.8 Å². The van der Waals surface area contributed by atoms with Crippen LogP contribution in [0, 0.1) is 0 Å². The number of ether oxygens (including phenoxy) is 2. The van der Waals surface area contributed by atoms with E-state index >= 15 is 0 Å². The zero-order valence-electron chi connectivity index (χ0n) is 15.3. The third-order valence-electron chi connectivity index (χ3n) is 5.71. The fourth-order valence-electron chi connectivity index (χ4n) is 4.24. The van der Waals surface area contributed by atoms with Crippen molar-refractivity contribution in [2.24, 2.45) is 0 Å². The minimum absolute atomic E-state index is 0.147. The van der Waals surface area contributed by atoms with E-state index in [1.54, 1.807) is 19.2 Å². The molecule has 2 aromatic rings. The van der Waals surface area contributed by atoms with Crippen molar-refractivity contribution in [1.29, 1.82) is 0 Å². The van der Waals surface area contributed by atoms with Gasteiger partial charge in [0.15, 0.2) is 11.5 Å². The summed E-state index contributed by atoms with van der Waals surface area (Å²) in [7, 11) is 1.56. The summed E-state index contributed by atoms with van der Waals surface area (Å²) in [5.41, 5.74) is 0.917. The maximum atomic E-state index is 10.1. The van der Waals surface area contributed by atoms with Crippen LogP contribution in [-0.4, -0.2) is 59.0 Å². The van der Waals surface area contributed by atoms with Crippen LogP contribution in [0.1, 0.15) is 31.7 Å². The molecule has 2 aliphatic heterocycles. The van der Waals surface area contributed by atoms with E-state index in [1.807, 2.05) is 12.3 Å². The van der Waals surface area contributed by atoms with Crippen LogP contribution in [0.25, 0.3) is 11.4 Å². The lowest BCUT2D eigenvalue weighted by Gasteiger charge is -2.39. The van der Waals surface area contributed by atoms with Gasteiger partial charge in [0.25, 0.3) is 0 Å². The minimum atomic E-state index is 0.147. The van der Waals surface area contributed by atoms with E-state index in [2.05, 4.69) is 20.6 Å². The van der Waals surface area contributed by atoms with Crippen molar-refractivity contribution in [3.8, 4) is 22.9 Å². The molecular weight excluding hydrogens is 330 g/mol. The number of phenols is 1. The molecule has 140 valence electrons. The van der Waals surface area contributed by atoms with Gasteiger partial charge in [-0.25, -0.2) is 4.98 Å². The Morgan fingerprint density at radius 3 is 2.58 bits per heavy atom. The Bertz CT molecular complexity index is 732. The Kier molecular flexibility index (Phi) is 5.13. The van der Waals surface area contributed by atoms with Crippen molar-refractivity contribution in [2.45, 2.75) is 37.8 Å². The van der Waals surface area contributed by atoms with Crippen LogP contribution in [0.3, 0.4) is 0 Å². The quantitative estimate of drug-likeness (QED) is 0.911. The molecule has 6 heteroatoms. The maximum Gasteiger partial charge on any atom is 0.160 e. The van der Waals surface area contributed by atoms with Crippen molar-refractivity contribution >= 4 is 0 Å². The Hall–Kier alpha value is -2.05. The van der Waals surface area contributed by atoms with E-state index in [0.717, 1.165) is 63.4 Å². The van der Waals surface area contributed by atoms with E-state index in [1.165, 1.54) is 0 Å². The second kappa shape index (κ2) is 7.68. The van der Waals surface area contributed by atoms with Gasteiger partial charge in [0.1, 0.15) is 5.82 Å². The SMILES string of the molecule is COc1ccc(-c2nccn2C2CCN(C3CCOCC3)CC2)cc1O. The molecule has 4 rings (SSSR count). The van der Waals surface area contributed by atoms with Crippen LogP contribution in [0.2, 0.25) is 0 Å². The molecular formula is C20H27N3O3. The van der Waals surface area contributed by atoms with Crippen molar-refractivity contribution in [3.05, 3.63) is 30.6 Å². The molecule has 3 heterocycles. The first-order valence-corrected chi connectivity index (χ1v) is 9.48. The molecule has 1 N–H and O–H groups in total. The summed E-state index contributed by atoms with van der Waals surface area (Å²) in [6, 6.07) is 6.61. The number of imidazole rings is 1. The summed E-state index contributed by atoms with van der Waals surface area (Å²) in [6.07, 6.45) is 8.48. The Morgan fingerprint density at radius 1 is 1.12 bits per heavy atom. The number of hydrogen-bond donors (Lipinski definition) is 1. The molecule has 0 unspecified atom stereocenters. The summed E-state index contributed by atoms with van der Waals surface area (Å²) in [5, 5.41) is 10.1. The molecule has 0 atom stereocenters. The third-order valence-corrected chi connectivity index (χ3v) is 5.71. The number of nitrogens with zero attached hydrogens (tertiary/aromatic N) is 3. The van der Waals surface area contributed by atoms with Crippen LogP contribution in [0.15, 0.2) is 30.6 Å². The highest BCUT2D eigenvalue weighted by Crippen LogP contribution is 2.34. The Balaban J connectivity index is 1.47. The van der Waals surface area contributed by atoms with Gasteiger partial charge in [0, 0.05) is 56.3 Å². The van der Waals surface area contributed by atoms with Gasteiger partial charge < -0.3 is 24.0 Å². The average Bonchev–Trinajstić information content (AvgIpc) is 3.18. The van der Waals surface area contributed by atoms with Gasteiger partial charge in [-0.15, -0.1) is 0 Å². The van der Waals surface area contributed by atoms with Crippen LogP contribution in [-0.2, 0) is 4.74 Å². The maximum absolute atomic E-state index is 10.1. The van der Waals surface area contributed by atoms with Crippen molar-refractivity contribution < 1.29 is 14.6 Å². The number of rotatable bonds is 4. The molecule has 0 aliphatic carbocycles. The van der Waals surface area contributed by atoms with Gasteiger partial charge in [-0.2, -0.15) is 0 Å². The van der Waals surface area contributed by atoms with Gasteiger partial charge in [-0.3, -0.25) is 0 Å². The number of benzene rings is 1. The molecule has 1 aromatic carbocycles. The van der Waals surface area contributed by atoms with E-state index < -0.39 is 0 Å². The van der Waals surface area contributed by atoms with Crippen LogP contribution in [0.5, 0.6) is 11.5 Å².